The van der Waals surface area contributed by atoms with Crippen LogP contribution >= 0.6 is 0 Å². The van der Waals surface area contributed by atoms with Crippen molar-refractivity contribution in [2.75, 3.05) is 26.3 Å². The molecular formula is C11H20N2O3. The molecule has 1 atom stereocenters. The van der Waals surface area contributed by atoms with Crippen molar-refractivity contribution in [2.45, 2.75) is 32.7 Å². The summed E-state index contributed by atoms with van der Waals surface area (Å²) in [6.45, 7) is 6.06. The molecule has 5 heteroatoms. The fraction of sp³-hybridized carbons (Fsp3) is 0.818. The SMILES string of the molecule is CCOCCN1CCC(=O)NC(CC)C1=O. The van der Waals surface area contributed by atoms with Crippen LogP contribution in [-0.2, 0) is 14.3 Å². The van der Waals surface area contributed by atoms with E-state index < -0.39 is 0 Å². The van der Waals surface area contributed by atoms with Crippen LogP contribution < -0.4 is 5.32 Å². The van der Waals surface area contributed by atoms with Crippen molar-refractivity contribution in [3.8, 4) is 0 Å². The Hall–Kier alpha value is -1.10. The van der Waals surface area contributed by atoms with Gasteiger partial charge in [0.05, 0.1) is 6.61 Å². The van der Waals surface area contributed by atoms with Crippen LogP contribution in [0.15, 0.2) is 0 Å². The molecule has 0 saturated carbocycles. The highest BCUT2D eigenvalue weighted by atomic mass is 16.5. The zero-order chi connectivity index (χ0) is 12.0. The first kappa shape index (κ1) is 13.0. The largest absolute Gasteiger partial charge is 0.380 e. The van der Waals surface area contributed by atoms with Gasteiger partial charge in [0.2, 0.25) is 11.8 Å². The fourth-order valence-electron chi connectivity index (χ4n) is 1.71. The monoisotopic (exact) mass is 228 g/mol. The van der Waals surface area contributed by atoms with Gasteiger partial charge >= 0.3 is 0 Å². The molecule has 1 rings (SSSR count). The molecule has 5 nitrogen and oxygen atoms in total. The van der Waals surface area contributed by atoms with Crippen molar-refractivity contribution in [1.29, 1.82) is 0 Å². The third kappa shape index (κ3) is 3.48. The number of nitrogens with zero attached hydrogens (tertiary/aromatic N) is 1. The van der Waals surface area contributed by atoms with Crippen LogP contribution in [0.4, 0.5) is 0 Å². The predicted molar refractivity (Wildman–Crippen MR) is 59.9 cm³/mol. The third-order valence-corrected chi connectivity index (χ3v) is 2.67. The summed E-state index contributed by atoms with van der Waals surface area (Å²) in [4.78, 5) is 25.0. The molecule has 0 aromatic rings. The maximum atomic E-state index is 12.0. The molecule has 2 amide bonds. The Morgan fingerprint density at radius 2 is 2.19 bits per heavy atom. The summed E-state index contributed by atoms with van der Waals surface area (Å²) in [5.41, 5.74) is 0. The number of carbonyl (C=O) groups excluding carboxylic acids is 2. The van der Waals surface area contributed by atoms with Crippen LogP contribution in [0.1, 0.15) is 26.7 Å². The Balaban J connectivity index is 2.54. The fourth-order valence-corrected chi connectivity index (χ4v) is 1.71. The minimum atomic E-state index is -0.364. The molecule has 1 aliphatic heterocycles. The summed E-state index contributed by atoms with van der Waals surface area (Å²) < 4.78 is 5.22. The lowest BCUT2D eigenvalue weighted by molar-refractivity contribution is -0.134. The Kier molecular flexibility index (Phi) is 5.25. The van der Waals surface area contributed by atoms with Gasteiger partial charge in [0.1, 0.15) is 6.04 Å². The van der Waals surface area contributed by atoms with Gasteiger partial charge in [0.25, 0.3) is 0 Å². The normalized spacial score (nSPS) is 21.9. The zero-order valence-corrected chi connectivity index (χ0v) is 9.99. The minimum absolute atomic E-state index is 0.00746. The van der Waals surface area contributed by atoms with Crippen LogP contribution in [0.3, 0.4) is 0 Å². The second kappa shape index (κ2) is 6.48. The lowest BCUT2D eigenvalue weighted by Crippen LogP contribution is -2.45. The molecule has 1 N–H and O–H groups in total. The van der Waals surface area contributed by atoms with Crippen molar-refractivity contribution in [3.63, 3.8) is 0 Å². The Morgan fingerprint density at radius 1 is 1.44 bits per heavy atom. The molecule has 1 aliphatic rings. The number of hydrogen-bond donors (Lipinski definition) is 1. The quantitative estimate of drug-likeness (QED) is 0.681. The Morgan fingerprint density at radius 3 is 2.81 bits per heavy atom. The summed E-state index contributed by atoms with van der Waals surface area (Å²) in [6.07, 6.45) is 1.02. The van der Waals surface area contributed by atoms with Crippen LogP contribution in [0.2, 0.25) is 0 Å². The maximum absolute atomic E-state index is 12.0. The van der Waals surface area contributed by atoms with E-state index in [9.17, 15) is 9.59 Å². The van der Waals surface area contributed by atoms with Gasteiger partial charge in [-0.05, 0) is 13.3 Å². The van der Waals surface area contributed by atoms with E-state index in [-0.39, 0.29) is 17.9 Å². The first-order valence-electron chi connectivity index (χ1n) is 5.85. The summed E-state index contributed by atoms with van der Waals surface area (Å²) in [7, 11) is 0. The van der Waals surface area contributed by atoms with Crippen molar-refractivity contribution in [3.05, 3.63) is 0 Å². The van der Waals surface area contributed by atoms with Crippen LogP contribution in [0.5, 0.6) is 0 Å². The molecular weight excluding hydrogens is 208 g/mol. The van der Waals surface area contributed by atoms with E-state index in [1.165, 1.54) is 0 Å². The van der Waals surface area contributed by atoms with Crippen LogP contribution in [0, 0.1) is 0 Å². The summed E-state index contributed by atoms with van der Waals surface area (Å²) in [6, 6.07) is -0.364. The standard InChI is InChI=1S/C11H20N2O3/c1-3-9-11(15)13(7-8-16-4-2)6-5-10(14)12-9/h9H,3-8H2,1-2H3,(H,12,14). The van der Waals surface area contributed by atoms with E-state index in [1.807, 2.05) is 13.8 Å². The molecule has 1 unspecified atom stereocenters. The van der Waals surface area contributed by atoms with Crippen molar-refractivity contribution < 1.29 is 14.3 Å². The lowest BCUT2D eigenvalue weighted by atomic mass is 10.2. The summed E-state index contributed by atoms with van der Waals surface area (Å²) in [5.74, 6) is -0.0350. The number of carbonyl (C=O) groups is 2. The van der Waals surface area contributed by atoms with Gasteiger partial charge in [0, 0.05) is 26.1 Å². The predicted octanol–water partition coefficient (Wildman–Crippen LogP) is 0.150. The number of rotatable bonds is 5. The number of ether oxygens (including phenoxy) is 1. The number of amides is 2. The third-order valence-electron chi connectivity index (χ3n) is 2.67. The van der Waals surface area contributed by atoms with Gasteiger partial charge in [0.15, 0.2) is 0 Å². The van der Waals surface area contributed by atoms with E-state index in [0.717, 1.165) is 0 Å². The van der Waals surface area contributed by atoms with E-state index in [2.05, 4.69) is 5.32 Å². The number of nitrogens with one attached hydrogen (secondary N) is 1. The molecule has 0 aliphatic carbocycles. The molecule has 0 spiro atoms. The van der Waals surface area contributed by atoms with E-state index >= 15 is 0 Å². The molecule has 1 heterocycles. The van der Waals surface area contributed by atoms with Crippen LogP contribution in [0.25, 0.3) is 0 Å². The summed E-state index contributed by atoms with van der Waals surface area (Å²) >= 11 is 0. The first-order chi connectivity index (χ1) is 7.69. The van der Waals surface area contributed by atoms with Gasteiger partial charge in [-0.15, -0.1) is 0 Å². The van der Waals surface area contributed by atoms with Crippen molar-refractivity contribution in [2.24, 2.45) is 0 Å². The maximum Gasteiger partial charge on any atom is 0.245 e. The molecule has 1 saturated heterocycles. The summed E-state index contributed by atoms with van der Waals surface area (Å²) in [5, 5.41) is 2.73. The van der Waals surface area contributed by atoms with Crippen molar-refractivity contribution in [1.82, 2.24) is 10.2 Å². The zero-order valence-electron chi connectivity index (χ0n) is 9.99. The average molecular weight is 228 g/mol. The highest BCUT2D eigenvalue weighted by molar-refractivity contribution is 5.89. The molecule has 1 fully saturated rings. The lowest BCUT2D eigenvalue weighted by Gasteiger charge is -2.23. The Bertz CT molecular complexity index is 256. The first-order valence-corrected chi connectivity index (χ1v) is 5.85. The van der Waals surface area contributed by atoms with Crippen LogP contribution in [-0.4, -0.2) is 49.1 Å². The van der Waals surface area contributed by atoms with Gasteiger partial charge in [-0.25, -0.2) is 0 Å². The van der Waals surface area contributed by atoms with Gasteiger partial charge in [-0.1, -0.05) is 6.92 Å². The second-order valence-corrected chi connectivity index (χ2v) is 3.80. The molecule has 0 radical (unpaired) electrons. The van der Waals surface area contributed by atoms with Gasteiger partial charge in [-0.2, -0.15) is 0 Å². The number of hydrogen-bond acceptors (Lipinski definition) is 3. The highest BCUT2D eigenvalue weighted by Crippen LogP contribution is 2.06. The topological polar surface area (TPSA) is 58.6 Å². The van der Waals surface area contributed by atoms with Gasteiger partial charge in [-0.3, -0.25) is 9.59 Å². The second-order valence-electron chi connectivity index (χ2n) is 3.80. The van der Waals surface area contributed by atoms with E-state index in [4.69, 9.17) is 4.74 Å². The van der Waals surface area contributed by atoms with E-state index in [1.54, 1.807) is 4.90 Å². The molecule has 0 bridgehead atoms. The molecule has 16 heavy (non-hydrogen) atoms. The smallest absolute Gasteiger partial charge is 0.245 e. The van der Waals surface area contributed by atoms with Crippen molar-refractivity contribution >= 4 is 11.8 Å². The highest BCUT2D eigenvalue weighted by Gasteiger charge is 2.27. The Labute approximate surface area is 96.1 Å². The molecule has 92 valence electrons. The average Bonchev–Trinajstić information content (AvgIpc) is 2.41. The van der Waals surface area contributed by atoms with Gasteiger partial charge < -0.3 is 15.0 Å². The molecule has 0 aromatic heterocycles. The molecule has 0 aromatic carbocycles. The van der Waals surface area contributed by atoms with E-state index in [0.29, 0.717) is 39.1 Å². The minimum Gasteiger partial charge on any atom is -0.380 e.